The van der Waals surface area contributed by atoms with Crippen LogP contribution in [-0.2, 0) is 4.74 Å². The summed E-state index contributed by atoms with van der Waals surface area (Å²) in [5.74, 6) is 0.893. The van der Waals surface area contributed by atoms with E-state index < -0.39 is 0 Å². The van der Waals surface area contributed by atoms with Crippen molar-refractivity contribution in [3.8, 4) is 0 Å². The highest BCUT2D eigenvalue weighted by atomic mass is 16.5. The Labute approximate surface area is 111 Å². The van der Waals surface area contributed by atoms with E-state index >= 15 is 0 Å². The van der Waals surface area contributed by atoms with Crippen molar-refractivity contribution in [3.05, 3.63) is 0 Å². The smallest absolute Gasteiger partial charge is 0.0826 e. The van der Waals surface area contributed by atoms with Gasteiger partial charge in [-0.2, -0.15) is 0 Å². The van der Waals surface area contributed by atoms with Gasteiger partial charge in [-0.15, -0.1) is 0 Å². The summed E-state index contributed by atoms with van der Waals surface area (Å²) in [5.41, 5.74) is 0. The Morgan fingerprint density at radius 3 is 2.94 bits per heavy atom. The zero-order chi connectivity index (χ0) is 12.4. The van der Waals surface area contributed by atoms with Gasteiger partial charge in [0, 0.05) is 32.2 Å². The van der Waals surface area contributed by atoms with Crippen molar-refractivity contribution in [2.24, 2.45) is 5.92 Å². The van der Waals surface area contributed by atoms with Crippen molar-refractivity contribution in [2.75, 3.05) is 52.4 Å². The van der Waals surface area contributed by atoms with Crippen molar-refractivity contribution < 1.29 is 4.74 Å². The first kappa shape index (κ1) is 12.9. The number of nitrogens with one attached hydrogen (secondary N) is 1. The Hall–Kier alpha value is -0.160. The standard InChI is InChI=1S/C14H27N3O/c1-2-16-7-8-18-13(11-16)9-15-14-4-6-17-5-3-12(14)10-17/h12-15H,2-11H2,1H3. The fourth-order valence-corrected chi connectivity index (χ4v) is 3.69. The summed E-state index contributed by atoms with van der Waals surface area (Å²) in [5, 5.41) is 3.79. The molecule has 0 amide bonds. The maximum atomic E-state index is 5.87. The Morgan fingerprint density at radius 1 is 1.17 bits per heavy atom. The van der Waals surface area contributed by atoms with Crippen LogP contribution in [0.25, 0.3) is 0 Å². The maximum absolute atomic E-state index is 5.87. The third kappa shape index (κ3) is 2.87. The molecule has 18 heavy (non-hydrogen) atoms. The highest BCUT2D eigenvalue weighted by Crippen LogP contribution is 2.27. The van der Waals surface area contributed by atoms with Gasteiger partial charge >= 0.3 is 0 Å². The van der Waals surface area contributed by atoms with Gasteiger partial charge in [0.15, 0.2) is 0 Å². The first-order valence-electron chi connectivity index (χ1n) is 7.65. The zero-order valence-corrected chi connectivity index (χ0v) is 11.6. The van der Waals surface area contributed by atoms with Gasteiger partial charge < -0.3 is 15.0 Å². The number of hydrogen-bond donors (Lipinski definition) is 1. The molecule has 4 nitrogen and oxygen atoms in total. The number of rotatable bonds is 4. The van der Waals surface area contributed by atoms with Gasteiger partial charge in [-0.1, -0.05) is 6.92 Å². The van der Waals surface area contributed by atoms with Gasteiger partial charge in [0.05, 0.1) is 12.7 Å². The Kier molecular flexibility index (Phi) is 4.19. The number of hydrogen-bond acceptors (Lipinski definition) is 4. The van der Waals surface area contributed by atoms with E-state index in [-0.39, 0.29) is 0 Å². The third-order valence-electron chi connectivity index (χ3n) is 4.91. The summed E-state index contributed by atoms with van der Waals surface area (Å²) in [4.78, 5) is 5.10. The summed E-state index contributed by atoms with van der Waals surface area (Å²) in [6, 6.07) is 0.740. The molecule has 0 saturated carbocycles. The predicted molar refractivity (Wildman–Crippen MR) is 72.8 cm³/mol. The molecule has 2 bridgehead atoms. The number of fused-ring (bicyclic) bond motifs is 2. The van der Waals surface area contributed by atoms with E-state index in [1.807, 2.05) is 0 Å². The summed E-state index contributed by atoms with van der Waals surface area (Å²) < 4.78 is 5.87. The van der Waals surface area contributed by atoms with Gasteiger partial charge in [0.2, 0.25) is 0 Å². The van der Waals surface area contributed by atoms with Crippen molar-refractivity contribution >= 4 is 0 Å². The molecule has 0 aromatic carbocycles. The summed E-state index contributed by atoms with van der Waals surface area (Å²) in [6.07, 6.45) is 3.12. The molecular weight excluding hydrogens is 226 g/mol. The van der Waals surface area contributed by atoms with E-state index in [1.54, 1.807) is 0 Å². The molecule has 4 unspecified atom stereocenters. The van der Waals surface area contributed by atoms with Crippen LogP contribution in [0.4, 0.5) is 0 Å². The minimum absolute atomic E-state index is 0.401. The largest absolute Gasteiger partial charge is 0.374 e. The van der Waals surface area contributed by atoms with Crippen LogP contribution in [-0.4, -0.2) is 74.4 Å². The molecule has 0 radical (unpaired) electrons. The molecular formula is C14H27N3O. The van der Waals surface area contributed by atoms with Gasteiger partial charge in [-0.25, -0.2) is 0 Å². The number of piperidine rings is 1. The zero-order valence-electron chi connectivity index (χ0n) is 11.6. The summed E-state index contributed by atoms with van der Waals surface area (Å²) in [6.45, 7) is 11.5. The normalized spacial score (nSPS) is 41.2. The molecule has 0 aromatic rings. The molecule has 0 spiro atoms. The van der Waals surface area contributed by atoms with Gasteiger partial charge in [-0.05, 0) is 38.4 Å². The Morgan fingerprint density at radius 2 is 2.06 bits per heavy atom. The first-order valence-corrected chi connectivity index (χ1v) is 7.65. The van der Waals surface area contributed by atoms with Gasteiger partial charge in [0.25, 0.3) is 0 Å². The second-order valence-electron chi connectivity index (χ2n) is 6.04. The average Bonchev–Trinajstić information content (AvgIpc) is 2.81. The second-order valence-corrected chi connectivity index (χ2v) is 6.04. The quantitative estimate of drug-likeness (QED) is 0.784. The molecule has 3 saturated heterocycles. The maximum Gasteiger partial charge on any atom is 0.0826 e. The minimum atomic E-state index is 0.401. The van der Waals surface area contributed by atoms with Gasteiger partial charge in [-0.3, -0.25) is 4.90 Å². The Bertz CT molecular complexity index is 274. The number of morpholine rings is 1. The summed E-state index contributed by atoms with van der Waals surface area (Å²) in [7, 11) is 0. The lowest BCUT2D eigenvalue weighted by Crippen LogP contribution is -2.51. The van der Waals surface area contributed by atoms with E-state index in [9.17, 15) is 0 Å². The Balaban J connectivity index is 1.43. The van der Waals surface area contributed by atoms with Crippen molar-refractivity contribution in [1.29, 1.82) is 0 Å². The average molecular weight is 253 g/mol. The molecule has 4 atom stereocenters. The van der Waals surface area contributed by atoms with Crippen LogP contribution in [0.2, 0.25) is 0 Å². The van der Waals surface area contributed by atoms with E-state index in [1.165, 1.54) is 32.5 Å². The topological polar surface area (TPSA) is 27.7 Å². The van der Waals surface area contributed by atoms with E-state index in [0.717, 1.165) is 44.7 Å². The van der Waals surface area contributed by atoms with Crippen LogP contribution >= 0.6 is 0 Å². The SMILES string of the molecule is CCN1CCOC(CNC2CCN3CCC2C3)C1. The number of ether oxygens (including phenoxy) is 1. The lowest BCUT2D eigenvalue weighted by molar-refractivity contribution is -0.0276. The van der Waals surface area contributed by atoms with E-state index in [2.05, 4.69) is 22.0 Å². The fraction of sp³-hybridized carbons (Fsp3) is 1.00. The van der Waals surface area contributed by atoms with Crippen LogP contribution in [0.5, 0.6) is 0 Å². The molecule has 4 heteroatoms. The number of likely N-dealkylation sites (N-methyl/N-ethyl adjacent to an activating group) is 1. The van der Waals surface area contributed by atoms with E-state index in [0.29, 0.717) is 6.10 Å². The van der Waals surface area contributed by atoms with E-state index in [4.69, 9.17) is 4.74 Å². The molecule has 104 valence electrons. The predicted octanol–water partition coefficient (Wildman–Crippen LogP) is 0.391. The third-order valence-corrected chi connectivity index (χ3v) is 4.91. The summed E-state index contributed by atoms with van der Waals surface area (Å²) >= 11 is 0. The van der Waals surface area contributed by atoms with Crippen LogP contribution < -0.4 is 5.32 Å². The van der Waals surface area contributed by atoms with Gasteiger partial charge in [0.1, 0.15) is 0 Å². The van der Waals surface area contributed by atoms with Crippen LogP contribution in [0, 0.1) is 5.92 Å². The molecule has 3 fully saturated rings. The first-order chi connectivity index (χ1) is 8.85. The van der Waals surface area contributed by atoms with Crippen LogP contribution in [0.3, 0.4) is 0 Å². The number of nitrogens with zero attached hydrogens (tertiary/aromatic N) is 2. The highest BCUT2D eigenvalue weighted by Gasteiger charge is 2.34. The fourth-order valence-electron chi connectivity index (χ4n) is 3.69. The van der Waals surface area contributed by atoms with Crippen molar-refractivity contribution in [1.82, 2.24) is 15.1 Å². The molecule has 3 aliphatic rings. The minimum Gasteiger partial charge on any atom is -0.374 e. The second kappa shape index (κ2) is 5.87. The van der Waals surface area contributed by atoms with Crippen LogP contribution in [0.15, 0.2) is 0 Å². The van der Waals surface area contributed by atoms with Crippen molar-refractivity contribution in [3.63, 3.8) is 0 Å². The molecule has 0 aliphatic carbocycles. The highest BCUT2D eigenvalue weighted by molar-refractivity contribution is 4.91. The lowest BCUT2D eigenvalue weighted by Gasteiger charge is -2.35. The molecule has 0 aromatic heterocycles. The lowest BCUT2D eigenvalue weighted by atomic mass is 9.94. The van der Waals surface area contributed by atoms with Crippen LogP contribution in [0.1, 0.15) is 19.8 Å². The molecule has 3 heterocycles. The monoisotopic (exact) mass is 253 g/mol. The molecule has 3 rings (SSSR count). The molecule has 1 N–H and O–H groups in total. The van der Waals surface area contributed by atoms with Crippen molar-refractivity contribution in [2.45, 2.75) is 31.9 Å². The molecule has 3 aliphatic heterocycles.